The van der Waals surface area contributed by atoms with E-state index < -0.39 is 5.82 Å². The third-order valence-electron chi connectivity index (χ3n) is 4.25. The van der Waals surface area contributed by atoms with Crippen molar-refractivity contribution in [1.29, 1.82) is 0 Å². The molecule has 0 amide bonds. The quantitative estimate of drug-likeness (QED) is 0.572. The Morgan fingerprint density at radius 2 is 2.12 bits per heavy atom. The molecule has 1 aromatic carbocycles. The fraction of sp³-hybridized carbons (Fsp3) is 0.444. The third-order valence-corrected chi connectivity index (χ3v) is 4.25. The van der Waals surface area contributed by atoms with Gasteiger partial charge in [-0.25, -0.2) is 4.39 Å². The first kappa shape index (κ1) is 18.8. The second-order valence-corrected chi connectivity index (χ2v) is 6.23. The lowest BCUT2D eigenvalue weighted by Crippen LogP contribution is -2.42. The largest absolute Gasteiger partial charge is 0.505 e. The number of nitrogens with zero attached hydrogens (tertiary/aromatic N) is 3. The lowest BCUT2D eigenvalue weighted by Gasteiger charge is -2.18. The zero-order valence-electron chi connectivity index (χ0n) is 15.4. The predicted molar refractivity (Wildman–Crippen MR) is 97.2 cm³/mol. The van der Waals surface area contributed by atoms with E-state index in [2.05, 4.69) is 34.6 Å². The van der Waals surface area contributed by atoms with Crippen LogP contribution in [0.1, 0.15) is 29.4 Å². The number of rotatable bonds is 5. The Morgan fingerprint density at radius 3 is 2.68 bits per heavy atom. The van der Waals surface area contributed by atoms with Crippen LogP contribution in [0.2, 0.25) is 0 Å². The van der Waals surface area contributed by atoms with Crippen molar-refractivity contribution in [3.8, 4) is 5.75 Å². The SMILES string of the molecule is CN=C(NCc1ccc(O)c(F)c1)NC(C)Cc1c(C)nn(C)c1C. The van der Waals surface area contributed by atoms with E-state index >= 15 is 0 Å². The van der Waals surface area contributed by atoms with E-state index in [1.807, 2.05) is 18.7 Å². The molecule has 0 bridgehead atoms. The molecule has 136 valence electrons. The van der Waals surface area contributed by atoms with E-state index in [1.54, 1.807) is 13.1 Å². The molecular weight excluding hydrogens is 321 g/mol. The molecule has 2 rings (SSSR count). The highest BCUT2D eigenvalue weighted by Gasteiger charge is 2.14. The number of hydrogen-bond donors (Lipinski definition) is 3. The molecule has 6 nitrogen and oxygen atoms in total. The van der Waals surface area contributed by atoms with E-state index in [-0.39, 0.29) is 11.8 Å². The Morgan fingerprint density at radius 1 is 1.40 bits per heavy atom. The number of phenolic OH excluding ortho intramolecular Hbond substituents is 1. The van der Waals surface area contributed by atoms with Gasteiger partial charge in [0.1, 0.15) is 0 Å². The summed E-state index contributed by atoms with van der Waals surface area (Å²) in [7, 11) is 3.64. The molecule has 0 radical (unpaired) electrons. The Kier molecular flexibility index (Phi) is 6.01. The number of benzene rings is 1. The van der Waals surface area contributed by atoms with Crippen molar-refractivity contribution >= 4 is 5.96 Å². The van der Waals surface area contributed by atoms with Gasteiger partial charge < -0.3 is 15.7 Å². The molecule has 1 heterocycles. The van der Waals surface area contributed by atoms with Crippen molar-refractivity contribution in [1.82, 2.24) is 20.4 Å². The molecule has 0 aliphatic carbocycles. The lowest BCUT2D eigenvalue weighted by atomic mass is 10.1. The summed E-state index contributed by atoms with van der Waals surface area (Å²) in [6.07, 6.45) is 0.833. The van der Waals surface area contributed by atoms with Gasteiger partial charge in [-0.15, -0.1) is 0 Å². The summed E-state index contributed by atoms with van der Waals surface area (Å²) in [6, 6.07) is 4.48. The zero-order valence-corrected chi connectivity index (χ0v) is 15.4. The molecule has 0 fully saturated rings. The van der Waals surface area contributed by atoms with E-state index in [4.69, 9.17) is 0 Å². The smallest absolute Gasteiger partial charge is 0.191 e. The number of hydrogen-bond acceptors (Lipinski definition) is 3. The third kappa shape index (κ3) is 4.71. The Bertz CT molecular complexity index is 769. The van der Waals surface area contributed by atoms with Crippen LogP contribution in [0.3, 0.4) is 0 Å². The van der Waals surface area contributed by atoms with Gasteiger partial charge in [-0.2, -0.15) is 5.10 Å². The molecule has 0 spiro atoms. The van der Waals surface area contributed by atoms with Crippen molar-refractivity contribution in [2.45, 2.75) is 39.8 Å². The first-order valence-electron chi connectivity index (χ1n) is 8.25. The van der Waals surface area contributed by atoms with Crippen LogP contribution >= 0.6 is 0 Å². The van der Waals surface area contributed by atoms with Crippen LogP contribution in [-0.2, 0) is 20.0 Å². The summed E-state index contributed by atoms with van der Waals surface area (Å²) in [5, 5.41) is 20.2. The van der Waals surface area contributed by atoms with Crippen LogP contribution in [0.25, 0.3) is 0 Å². The van der Waals surface area contributed by atoms with Gasteiger partial charge in [-0.3, -0.25) is 9.67 Å². The maximum atomic E-state index is 13.4. The van der Waals surface area contributed by atoms with E-state index in [9.17, 15) is 9.50 Å². The van der Waals surface area contributed by atoms with Crippen LogP contribution in [-0.4, -0.2) is 33.9 Å². The molecule has 3 N–H and O–H groups in total. The zero-order chi connectivity index (χ0) is 18.6. The predicted octanol–water partition coefficient (Wildman–Crippen LogP) is 2.18. The summed E-state index contributed by atoms with van der Waals surface area (Å²) in [5.74, 6) is -0.333. The molecule has 1 aromatic heterocycles. The van der Waals surface area contributed by atoms with Gasteiger partial charge in [0.25, 0.3) is 0 Å². The number of aromatic hydroxyl groups is 1. The van der Waals surface area contributed by atoms with Crippen LogP contribution in [0.4, 0.5) is 4.39 Å². The number of nitrogens with one attached hydrogen (secondary N) is 2. The highest BCUT2D eigenvalue weighted by atomic mass is 19.1. The lowest BCUT2D eigenvalue weighted by molar-refractivity contribution is 0.431. The fourth-order valence-electron chi connectivity index (χ4n) is 2.74. The van der Waals surface area contributed by atoms with Crippen LogP contribution < -0.4 is 10.6 Å². The molecule has 7 heteroatoms. The molecule has 2 aromatic rings. The molecule has 1 atom stereocenters. The van der Waals surface area contributed by atoms with Crippen LogP contribution in [0, 0.1) is 19.7 Å². The standard InChI is InChI=1S/C18H26FN5O/c1-11(8-15-12(2)23-24(5)13(15)3)22-18(20-4)21-10-14-6-7-17(25)16(19)9-14/h6-7,9,11,25H,8,10H2,1-5H3,(H2,20,21,22). The van der Waals surface area contributed by atoms with Crippen molar-refractivity contribution in [3.63, 3.8) is 0 Å². The number of aryl methyl sites for hydroxylation is 2. The van der Waals surface area contributed by atoms with E-state index in [0.717, 1.165) is 23.4 Å². The summed E-state index contributed by atoms with van der Waals surface area (Å²) >= 11 is 0. The number of aromatic nitrogens is 2. The molecule has 0 saturated heterocycles. The second-order valence-electron chi connectivity index (χ2n) is 6.23. The molecule has 0 saturated carbocycles. The monoisotopic (exact) mass is 347 g/mol. The average molecular weight is 347 g/mol. The summed E-state index contributed by atoms with van der Waals surface area (Å²) in [6.45, 7) is 6.57. The summed E-state index contributed by atoms with van der Waals surface area (Å²) in [5.41, 5.74) is 4.16. The molecule has 1 unspecified atom stereocenters. The van der Waals surface area contributed by atoms with Gasteiger partial charge in [0.15, 0.2) is 17.5 Å². The molecular formula is C18H26FN5O. The van der Waals surface area contributed by atoms with Crippen molar-refractivity contribution < 1.29 is 9.50 Å². The van der Waals surface area contributed by atoms with Gasteiger partial charge in [-0.05, 0) is 50.5 Å². The summed E-state index contributed by atoms with van der Waals surface area (Å²) < 4.78 is 15.3. The number of halogens is 1. The highest BCUT2D eigenvalue weighted by Crippen LogP contribution is 2.16. The molecule has 25 heavy (non-hydrogen) atoms. The van der Waals surface area contributed by atoms with E-state index in [1.165, 1.54) is 17.7 Å². The van der Waals surface area contributed by atoms with E-state index in [0.29, 0.717) is 12.5 Å². The maximum Gasteiger partial charge on any atom is 0.191 e. The molecule has 0 aliphatic rings. The summed E-state index contributed by atoms with van der Waals surface area (Å²) in [4.78, 5) is 4.21. The Labute approximate surface area is 147 Å². The van der Waals surface area contributed by atoms with Crippen LogP contribution in [0.15, 0.2) is 23.2 Å². The van der Waals surface area contributed by atoms with Gasteiger partial charge in [0.2, 0.25) is 0 Å². The number of guanidine groups is 1. The number of phenols is 1. The maximum absolute atomic E-state index is 13.4. The van der Waals surface area contributed by atoms with Crippen molar-refractivity contribution in [2.75, 3.05) is 7.05 Å². The number of aliphatic imine (C=N–C) groups is 1. The Balaban J connectivity index is 1.93. The van der Waals surface area contributed by atoms with Gasteiger partial charge in [0.05, 0.1) is 5.69 Å². The minimum absolute atomic E-state index is 0.157. The first-order valence-corrected chi connectivity index (χ1v) is 8.25. The van der Waals surface area contributed by atoms with Gasteiger partial charge >= 0.3 is 0 Å². The van der Waals surface area contributed by atoms with Crippen LogP contribution in [0.5, 0.6) is 5.75 Å². The second kappa shape index (κ2) is 8.00. The Hall–Kier alpha value is -2.57. The van der Waals surface area contributed by atoms with Crippen molar-refractivity contribution in [2.24, 2.45) is 12.0 Å². The van der Waals surface area contributed by atoms with Gasteiger partial charge in [0, 0.05) is 32.4 Å². The topological polar surface area (TPSA) is 74.5 Å². The van der Waals surface area contributed by atoms with Crippen molar-refractivity contribution in [3.05, 3.63) is 46.5 Å². The average Bonchev–Trinajstić information content (AvgIpc) is 2.80. The highest BCUT2D eigenvalue weighted by molar-refractivity contribution is 5.79. The minimum Gasteiger partial charge on any atom is -0.505 e. The van der Waals surface area contributed by atoms with Gasteiger partial charge in [-0.1, -0.05) is 6.07 Å². The fourth-order valence-corrected chi connectivity index (χ4v) is 2.74. The minimum atomic E-state index is -0.627. The molecule has 0 aliphatic heterocycles. The first-order chi connectivity index (χ1) is 11.8. The normalized spacial score (nSPS) is 13.0.